The van der Waals surface area contributed by atoms with Crippen LogP contribution in [0.1, 0.15) is 12.1 Å². The van der Waals surface area contributed by atoms with E-state index in [-0.39, 0.29) is 17.1 Å². The second kappa shape index (κ2) is 4.12. The summed E-state index contributed by atoms with van der Waals surface area (Å²) in [5, 5.41) is 3.75. The van der Waals surface area contributed by atoms with E-state index < -0.39 is 12.2 Å². The summed E-state index contributed by atoms with van der Waals surface area (Å²) in [6, 6.07) is 5.18. The van der Waals surface area contributed by atoms with Crippen molar-refractivity contribution in [3.63, 3.8) is 0 Å². The Bertz CT molecular complexity index is 532. The molecule has 0 aliphatic rings. The molecule has 0 aliphatic carbocycles. The average Bonchev–Trinajstić information content (AvgIpc) is 2.55. The van der Waals surface area contributed by atoms with Crippen molar-refractivity contribution in [3.8, 4) is 11.1 Å². The molecule has 0 atom stereocenters. The molecule has 90 valence electrons. The number of nitrogens with zero attached hydrogens (tertiary/aromatic N) is 2. The van der Waals surface area contributed by atoms with Crippen molar-refractivity contribution in [1.82, 2.24) is 9.78 Å². The first-order chi connectivity index (χ1) is 8.00. The summed E-state index contributed by atoms with van der Waals surface area (Å²) in [6.07, 6.45) is -2.69. The molecule has 0 bridgehead atoms. The van der Waals surface area contributed by atoms with Gasteiger partial charge in [0.25, 0.3) is 6.43 Å². The fourth-order valence-electron chi connectivity index (χ4n) is 1.72. The van der Waals surface area contributed by atoms with Crippen LogP contribution in [0.25, 0.3) is 11.1 Å². The first kappa shape index (κ1) is 11.5. The van der Waals surface area contributed by atoms with E-state index in [4.69, 9.17) is 5.73 Å². The number of aryl methyl sites for hydroxylation is 1. The molecule has 2 rings (SSSR count). The van der Waals surface area contributed by atoms with E-state index in [9.17, 15) is 13.2 Å². The van der Waals surface area contributed by atoms with Gasteiger partial charge in [0.2, 0.25) is 0 Å². The average molecular weight is 241 g/mol. The third-order valence-electron chi connectivity index (χ3n) is 2.46. The van der Waals surface area contributed by atoms with E-state index in [1.807, 2.05) is 0 Å². The maximum Gasteiger partial charge on any atom is 0.280 e. The van der Waals surface area contributed by atoms with Crippen LogP contribution < -0.4 is 5.73 Å². The van der Waals surface area contributed by atoms with Crippen LogP contribution in [0.5, 0.6) is 0 Å². The third-order valence-corrected chi connectivity index (χ3v) is 2.46. The Kier molecular flexibility index (Phi) is 2.79. The molecule has 0 amide bonds. The molecular formula is C11H10F3N3. The van der Waals surface area contributed by atoms with E-state index in [1.165, 1.54) is 31.3 Å². The summed E-state index contributed by atoms with van der Waals surface area (Å²) >= 11 is 0. The molecule has 1 aromatic carbocycles. The van der Waals surface area contributed by atoms with Gasteiger partial charge in [-0.3, -0.25) is 4.68 Å². The highest BCUT2D eigenvalue weighted by molar-refractivity contribution is 5.76. The zero-order valence-corrected chi connectivity index (χ0v) is 8.99. The number of anilines is 1. The molecule has 1 aromatic heterocycles. The topological polar surface area (TPSA) is 43.8 Å². The summed E-state index contributed by atoms with van der Waals surface area (Å²) < 4.78 is 39.6. The van der Waals surface area contributed by atoms with Crippen LogP contribution in [0.15, 0.2) is 24.3 Å². The van der Waals surface area contributed by atoms with E-state index in [0.29, 0.717) is 5.56 Å². The number of nitrogens with two attached hydrogens (primary N) is 1. The minimum absolute atomic E-state index is 0.00871. The van der Waals surface area contributed by atoms with E-state index >= 15 is 0 Å². The van der Waals surface area contributed by atoms with Crippen LogP contribution in [0, 0.1) is 5.82 Å². The van der Waals surface area contributed by atoms with Gasteiger partial charge in [-0.2, -0.15) is 5.10 Å². The van der Waals surface area contributed by atoms with Gasteiger partial charge >= 0.3 is 0 Å². The number of nitrogen functional groups attached to an aromatic ring is 1. The zero-order chi connectivity index (χ0) is 12.6. The number of hydrogen-bond donors (Lipinski definition) is 1. The molecule has 0 spiro atoms. The summed E-state index contributed by atoms with van der Waals surface area (Å²) in [7, 11) is 1.39. The van der Waals surface area contributed by atoms with E-state index in [2.05, 4.69) is 5.10 Å². The number of hydrogen-bond acceptors (Lipinski definition) is 2. The van der Waals surface area contributed by atoms with Gasteiger partial charge in [0.05, 0.1) is 5.56 Å². The largest absolute Gasteiger partial charge is 0.382 e. The van der Waals surface area contributed by atoms with E-state index in [0.717, 1.165) is 4.68 Å². The van der Waals surface area contributed by atoms with Gasteiger partial charge in [-0.25, -0.2) is 13.2 Å². The molecule has 1 heterocycles. The molecule has 0 unspecified atom stereocenters. The number of benzene rings is 1. The molecule has 2 aromatic rings. The monoisotopic (exact) mass is 241 g/mol. The number of halogens is 3. The molecule has 0 saturated heterocycles. The summed E-state index contributed by atoms with van der Waals surface area (Å²) in [6.45, 7) is 0. The van der Waals surface area contributed by atoms with Crippen molar-refractivity contribution in [3.05, 3.63) is 35.8 Å². The first-order valence-corrected chi connectivity index (χ1v) is 4.87. The van der Waals surface area contributed by atoms with Crippen molar-refractivity contribution < 1.29 is 13.2 Å². The van der Waals surface area contributed by atoms with Crippen molar-refractivity contribution in [2.45, 2.75) is 6.43 Å². The van der Waals surface area contributed by atoms with Crippen LogP contribution >= 0.6 is 0 Å². The molecule has 6 heteroatoms. The lowest BCUT2D eigenvalue weighted by Crippen LogP contribution is -1.99. The van der Waals surface area contributed by atoms with Gasteiger partial charge in [0.15, 0.2) is 5.82 Å². The Balaban J connectivity index is 2.62. The standard InChI is InChI=1S/C11H10F3N3/c1-17-9(10(13)14)8(11(15)16-17)6-2-4-7(12)5-3-6/h2-5,10H,1H3,(H2,15,16). The maximum absolute atomic E-state index is 12.9. The van der Waals surface area contributed by atoms with Gasteiger partial charge in [0.1, 0.15) is 11.5 Å². The molecule has 0 radical (unpaired) electrons. The quantitative estimate of drug-likeness (QED) is 0.878. The first-order valence-electron chi connectivity index (χ1n) is 4.87. The molecule has 3 nitrogen and oxygen atoms in total. The molecule has 2 N–H and O–H groups in total. The number of rotatable bonds is 2. The predicted octanol–water partition coefficient (Wildman–Crippen LogP) is 2.75. The Morgan fingerprint density at radius 2 is 1.82 bits per heavy atom. The smallest absolute Gasteiger partial charge is 0.280 e. The zero-order valence-electron chi connectivity index (χ0n) is 8.99. The summed E-state index contributed by atoms with van der Waals surface area (Å²) in [4.78, 5) is 0. The van der Waals surface area contributed by atoms with Crippen LogP contribution in [-0.2, 0) is 7.05 Å². The van der Waals surface area contributed by atoms with Crippen molar-refractivity contribution in [2.75, 3.05) is 5.73 Å². The summed E-state index contributed by atoms with van der Waals surface area (Å²) in [5.74, 6) is -0.427. The molecular weight excluding hydrogens is 231 g/mol. The lowest BCUT2D eigenvalue weighted by molar-refractivity contribution is 0.141. The normalized spacial score (nSPS) is 11.1. The molecule has 0 saturated carbocycles. The minimum atomic E-state index is -2.69. The Hall–Kier alpha value is -1.98. The molecule has 17 heavy (non-hydrogen) atoms. The predicted molar refractivity (Wildman–Crippen MR) is 58.0 cm³/mol. The van der Waals surface area contributed by atoms with Gasteiger partial charge < -0.3 is 5.73 Å². The second-order valence-electron chi connectivity index (χ2n) is 3.58. The maximum atomic E-state index is 12.9. The molecule has 0 fully saturated rings. The molecule has 0 aliphatic heterocycles. The number of aromatic nitrogens is 2. The fourth-order valence-corrected chi connectivity index (χ4v) is 1.72. The van der Waals surface area contributed by atoms with Gasteiger partial charge in [-0.05, 0) is 17.7 Å². The van der Waals surface area contributed by atoms with Crippen LogP contribution in [0.2, 0.25) is 0 Å². The minimum Gasteiger partial charge on any atom is -0.382 e. The SMILES string of the molecule is Cn1nc(N)c(-c2ccc(F)cc2)c1C(F)F. The van der Waals surface area contributed by atoms with Gasteiger partial charge in [0, 0.05) is 7.05 Å². The van der Waals surface area contributed by atoms with Crippen LogP contribution in [0.4, 0.5) is 19.0 Å². The van der Waals surface area contributed by atoms with Crippen molar-refractivity contribution >= 4 is 5.82 Å². The Morgan fingerprint density at radius 1 is 1.24 bits per heavy atom. The van der Waals surface area contributed by atoms with Crippen LogP contribution in [0.3, 0.4) is 0 Å². The van der Waals surface area contributed by atoms with Crippen LogP contribution in [-0.4, -0.2) is 9.78 Å². The Morgan fingerprint density at radius 3 is 2.35 bits per heavy atom. The van der Waals surface area contributed by atoms with Gasteiger partial charge in [-0.1, -0.05) is 12.1 Å². The second-order valence-corrected chi connectivity index (χ2v) is 3.58. The van der Waals surface area contributed by atoms with Crippen molar-refractivity contribution in [1.29, 1.82) is 0 Å². The lowest BCUT2D eigenvalue weighted by Gasteiger charge is -2.05. The van der Waals surface area contributed by atoms with E-state index in [1.54, 1.807) is 0 Å². The highest BCUT2D eigenvalue weighted by Crippen LogP contribution is 2.34. The number of alkyl halides is 2. The summed E-state index contributed by atoms with van der Waals surface area (Å²) in [5.41, 5.74) is 5.90. The van der Waals surface area contributed by atoms with Gasteiger partial charge in [-0.15, -0.1) is 0 Å². The third kappa shape index (κ3) is 1.98. The fraction of sp³-hybridized carbons (Fsp3) is 0.182. The lowest BCUT2D eigenvalue weighted by atomic mass is 10.1. The Labute approximate surface area is 95.7 Å². The highest BCUT2D eigenvalue weighted by Gasteiger charge is 2.22. The highest BCUT2D eigenvalue weighted by atomic mass is 19.3. The van der Waals surface area contributed by atoms with Crippen molar-refractivity contribution in [2.24, 2.45) is 7.05 Å².